The van der Waals surface area contributed by atoms with Gasteiger partial charge in [-0.05, 0) is 30.9 Å². The molecule has 1 aliphatic carbocycles. The topological polar surface area (TPSA) is 76.4 Å². The second-order valence-electron chi connectivity index (χ2n) is 7.17. The van der Waals surface area contributed by atoms with E-state index in [1.54, 1.807) is 0 Å². The van der Waals surface area contributed by atoms with Gasteiger partial charge in [0.1, 0.15) is 6.04 Å². The summed E-state index contributed by atoms with van der Waals surface area (Å²) in [6.45, 7) is 1.80. The minimum absolute atomic E-state index is 0.148. The van der Waals surface area contributed by atoms with E-state index in [0.717, 1.165) is 36.8 Å². The first-order valence-corrected chi connectivity index (χ1v) is 9.52. The Morgan fingerprint density at radius 2 is 2.08 bits per heavy atom. The second kappa shape index (κ2) is 8.37. The Hall–Kier alpha value is -2.32. The first kappa shape index (κ1) is 18.5. The number of allylic oxidation sites excluding steroid dienone is 1. The highest BCUT2D eigenvalue weighted by Crippen LogP contribution is 2.42. The maximum absolute atomic E-state index is 12.8. The van der Waals surface area contributed by atoms with Crippen molar-refractivity contribution in [1.82, 2.24) is 10.2 Å². The third-order valence-electron chi connectivity index (χ3n) is 5.60. The fourth-order valence-corrected chi connectivity index (χ4v) is 4.30. The summed E-state index contributed by atoms with van der Waals surface area (Å²) in [4.78, 5) is 14.3. The van der Waals surface area contributed by atoms with Gasteiger partial charge in [0.15, 0.2) is 0 Å². The van der Waals surface area contributed by atoms with Crippen LogP contribution < -0.4 is 5.32 Å². The number of hydrogen-bond acceptors (Lipinski definition) is 3. The molecule has 0 spiro atoms. The minimum Gasteiger partial charge on any atom is -0.394 e. The number of rotatable bonds is 4. The van der Waals surface area contributed by atoms with Crippen molar-refractivity contribution in [2.24, 2.45) is 0 Å². The number of aliphatic hydroxyl groups is 1. The molecule has 2 amide bonds. The van der Waals surface area contributed by atoms with Crippen LogP contribution >= 0.6 is 0 Å². The van der Waals surface area contributed by atoms with E-state index in [4.69, 9.17) is 0 Å². The summed E-state index contributed by atoms with van der Waals surface area (Å²) >= 11 is 0. The van der Waals surface area contributed by atoms with Crippen molar-refractivity contribution in [2.45, 2.75) is 63.1 Å². The van der Waals surface area contributed by atoms with Crippen molar-refractivity contribution in [3.05, 3.63) is 41.5 Å². The molecule has 5 heteroatoms. The molecule has 0 radical (unpaired) electrons. The lowest BCUT2D eigenvalue weighted by Gasteiger charge is -2.52. The van der Waals surface area contributed by atoms with Gasteiger partial charge in [-0.1, -0.05) is 55.7 Å². The molecule has 2 aliphatic rings. The van der Waals surface area contributed by atoms with Gasteiger partial charge in [-0.25, -0.2) is 4.79 Å². The Morgan fingerprint density at radius 3 is 2.73 bits per heavy atom. The van der Waals surface area contributed by atoms with Gasteiger partial charge in [0.25, 0.3) is 0 Å². The van der Waals surface area contributed by atoms with E-state index in [2.05, 4.69) is 11.4 Å². The Bertz CT molecular complexity index is 703. The fraction of sp³-hybridized carbons (Fsp3) is 0.524. The van der Waals surface area contributed by atoms with Crippen molar-refractivity contribution in [2.75, 3.05) is 6.61 Å². The molecule has 2 N–H and O–H groups in total. The summed E-state index contributed by atoms with van der Waals surface area (Å²) in [5.41, 5.74) is 2.05. The predicted octanol–water partition coefficient (Wildman–Crippen LogP) is 3.41. The quantitative estimate of drug-likeness (QED) is 0.871. The highest BCUT2D eigenvalue weighted by atomic mass is 16.3. The SMILES string of the molecule is C/C=C/c1ccccc1[C@H]1[C@@H](C#N)N(C(=O)NC2CCCCC2)[C@H]1CO. The number of nitriles is 1. The van der Waals surface area contributed by atoms with Gasteiger partial charge in [0.2, 0.25) is 0 Å². The lowest BCUT2D eigenvalue weighted by molar-refractivity contribution is 0.0152. The number of nitrogens with one attached hydrogen (secondary N) is 1. The van der Waals surface area contributed by atoms with E-state index in [-0.39, 0.29) is 30.6 Å². The van der Waals surface area contributed by atoms with Crippen LogP contribution in [0, 0.1) is 11.3 Å². The highest BCUT2D eigenvalue weighted by molar-refractivity contribution is 5.78. The number of amides is 2. The molecule has 0 aromatic heterocycles. The van der Waals surface area contributed by atoms with Crippen molar-refractivity contribution < 1.29 is 9.90 Å². The minimum atomic E-state index is -0.554. The third-order valence-corrected chi connectivity index (χ3v) is 5.60. The van der Waals surface area contributed by atoms with E-state index < -0.39 is 6.04 Å². The Morgan fingerprint density at radius 1 is 1.35 bits per heavy atom. The number of nitrogens with zero attached hydrogens (tertiary/aromatic N) is 2. The molecule has 1 aliphatic heterocycles. The van der Waals surface area contributed by atoms with E-state index in [1.807, 2.05) is 43.3 Å². The summed E-state index contributed by atoms with van der Waals surface area (Å²) in [5.74, 6) is -0.172. The Kier molecular flexibility index (Phi) is 5.95. The number of urea groups is 1. The van der Waals surface area contributed by atoms with Gasteiger partial charge in [0.05, 0.1) is 18.7 Å². The molecule has 3 rings (SSSR count). The number of hydrogen-bond donors (Lipinski definition) is 2. The number of benzene rings is 1. The van der Waals surface area contributed by atoms with Crippen molar-refractivity contribution in [3.8, 4) is 6.07 Å². The van der Waals surface area contributed by atoms with Gasteiger partial charge in [-0.3, -0.25) is 0 Å². The number of likely N-dealkylation sites (tertiary alicyclic amines) is 1. The Labute approximate surface area is 155 Å². The molecule has 1 aromatic rings. The first-order valence-electron chi connectivity index (χ1n) is 9.52. The molecule has 3 atom stereocenters. The van der Waals surface area contributed by atoms with Crippen LogP contribution in [-0.2, 0) is 0 Å². The summed E-state index contributed by atoms with van der Waals surface area (Å²) < 4.78 is 0. The van der Waals surface area contributed by atoms with Gasteiger partial charge >= 0.3 is 6.03 Å². The number of carbonyl (C=O) groups is 1. The average Bonchev–Trinajstić information content (AvgIpc) is 2.64. The molecule has 0 unspecified atom stereocenters. The lowest BCUT2D eigenvalue weighted by atomic mass is 9.74. The number of carbonyl (C=O) groups excluding carboxylic acids is 1. The molecule has 1 heterocycles. The van der Waals surface area contributed by atoms with Crippen LogP contribution in [0.2, 0.25) is 0 Å². The lowest BCUT2D eigenvalue weighted by Crippen LogP contribution is -2.68. The van der Waals surface area contributed by atoms with Crippen LogP contribution in [0.1, 0.15) is 56.1 Å². The van der Waals surface area contributed by atoms with Crippen LogP contribution in [-0.4, -0.2) is 40.8 Å². The first-order chi connectivity index (χ1) is 12.7. The average molecular weight is 353 g/mol. The maximum atomic E-state index is 12.8. The molecule has 5 nitrogen and oxygen atoms in total. The van der Waals surface area contributed by atoms with Crippen LogP contribution in [0.15, 0.2) is 30.3 Å². The van der Waals surface area contributed by atoms with E-state index in [0.29, 0.717) is 0 Å². The van der Waals surface area contributed by atoms with Gasteiger partial charge in [-0.15, -0.1) is 0 Å². The van der Waals surface area contributed by atoms with Crippen LogP contribution in [0.5, 0.6) is 0 Å². The molecule has 138 valence electrons. The molecule has 26 heavy (non-hydrogen) atoms. The van der Waals surface area contributed by atoms with E-state index >= 15 is 0 Å². The normalized spacial score (nSPS) is 26.3. The van der Waals surface area contributed by atoms with Crippen LogP contribution in [0.3, 0.4) is 0 Å². The zero-order valence-corrected chi connectivity index (χ0v) is 15.3. The van der Waals surface area contributed by atoms with E-state index in [9.17, 15) is 15.2 Å². The zero-order chi connectivity index (χ0) is 18.5. The van der Waals surface area contributed by atoms with Crippen molar-refractivity contribution >= 4 is 12.1 Å². The molecule has 0 bridgehead atoms. The Balaban J connectivity index is 1.80. The summed E-state index contributed by atoms with van der Waals surface area (Å²) in [5, 5.41) is 22.7. The molecule has 2 fully saturated rings. The van der Waals surface area contributed by atoms with Gasteiger partial charge < -0.3 is 15.3 Å². The summed E-state index contributed by atoms with van der Waals surface area (Å²) in [7, 11) is 0. The van der Waals surface area contributed by atoms with Crippen molar-refractivity contribution in [1.29, 1.82) is 5.26 Å². The molecule has 1 saturated carbocycles. The third kappa shape index (κ3) is 3.47. The fourth-order valence-electron chi connectivity index (χ4n) is 4.30. The standard InChI is InChI=1S/C21H27N3O2/c1-2-8-15-9-6-7-12-17(15)20-18(13-22)24(19(20)14-25)21(26)23-16-10-4-3-5-11-16/h2,6-9,12,16,18-20,25H,3-5,10-11,14H2,1H3,(H,23,26)/b8-2+/t18-,19+,20+/m1/s1. The monoisotopic (exact) mass is 353 g/mol. The van der Waals surface area contributed by atoms with Gasteiger partial charge in [0, 0.05) is 12.0 Å². The molecule has 1 saturated heterocycles. The zero-order valence-electron chi connectivity index (χ0n) is 15.3. The second-order valence-corrected chi connectivity index (χ2v) is 7.17. The molecule has 1 aromatic carbocycles. The molecular weight excluding hydrogens is 326 g/mol. The predicted molar refractivity (Wildman–Crippen MR) is 101 cm³/mol. The smallest absolute Gasteiger partial charge is 0.319 e. The molecular formula is C21H27N3O2. The van der Waals surface area contributed by atoms with Crippen LogP contribution in [0.25, 0.3) is 6.08 Å². The van der Waals surface area contributed by atoms with Crippen molar-refractivity contribution in [3.63, 3.8) is 0 Å². The van der Waals surface area contributed by atoms with Crippen LogP contribution in [0.4, 0.5) is 4.79 Å². The number of aliphatic hydroxyl groups excluding tert-OH is 1. The van der Waals surface area contributed by atoms with E-state index in [1.165, 1.54) is 11.3 Å². The van der Waals surface area contributed by atoms with Gasteiger partial charge in [-0.2, -0.15) is 5.26 Å². The summed E-state index contributed by atoms with van der Waals surface area (Å²) in [6.07, 6.45) is 9.44. The summed E-state index contributed by atoms with van der Waals surface area (Å²) in [6, 6.07) is 9.22. The highest BCUT2D eigenvalue weighted by Gasteiger charge is 2.52. The maximum Gasteiger partial charge on any atom is 0.319 e. The largest absolute Gasteiger partial charge is 0.394 e.